The number of rotatable bonds is 1. The fourth-order valence-corrected chi connectivity index (χ4v) is 1.35. The van der Waals surface area contributed by atoms with Gasteiger partial charge in [-0.05, 0) is 22.9 Å². The summed E-state index contributed by atoms with van der Waals surface area (Å²) in [5.74, 6) is 0.754. The van der Waals surface area contributed by atoms with E-state index in [0.29, 0.717) is 4.67 Å². The molecule has 0 radical (unpaired) electrons. The summed E-state index contributed by atoms with van der Waals surface area (Å²) in [6.07, 6.45) is 3.04. The third kappa shape index (κ3) is 1.18. The molecule has 0 bridgehead atoms. The zero-order chi connectivity index (χ0) is 8.55. The van der Waals surface area contributed by atoms with Crippen LogP contribution in [0, 0.1) is 6.92 Å². The molecule has 12 heavy (non-hydrogen) atoms. The van der Waals surface area contributed by atoms with Gasteiger partial charge in [0.2, 0.25) is 0 Å². The second-order valence-corrected chi connectivity index (χ2v) is 3.19. The molecule has 62 valence electrons. The molecular weight excluding hydrogens is 222 g/mol. The molecule has 0 unspecified atom stereocenters. The van der Waals surface area contributed by atoms with E-state index in [1.54, 1.807) is 6.26 Å². The van der Waals surface area contributed by atoms with Crippen LogP contribution >= 0.6 is 15.9 Å². The molecule has 2 heterocycles. The standard InChI is InChI=1S/C8H6BrNO2/c1-5-8(12-4-10-5)6-2-7(9)11-3-6/h2-4H,1H3. The van der Waals surface area contributed by atoms with E-state index in [1.165, 1.54) is 6.39 Å². The molecule has 4 heteroatoms. The molecule has 0 aliphatic rings. The van der Waals surface area contributed by atoms with Crippen LogP contribution in [0.4, 0.5) is 0 Å². The Morgan fingerprint density at radius 2 is 2.25 bits per heavy atom. The lowest BCUT2D eigenvalue weighted by atomic mass is 10.2. The van der Waals surface area contributed by atoms with E-state index in [4.69, 9.17) is 8.83 Å². The maximum Gasteiger partial charge on any atom is 0.181 e. The van der Waals surface area contributed by atoms with Crippen LogP contribution in [0.2, 0.25) is 0 Å². The Balaban J connectivity index is 2.50. The highest BCUT2D eigenvalue weighted by Gasteiger charge is 2.08. The van der Waals surface area contributed by atoms with Crippen LogP contribution in [-0.2, 0) is 0 Å². The van der Waals surface area contributed by atoms with Crippen LogP contribution in [0.25, 0.3) is 11.3 Å². The third-order valence-electron chi connectivity index (χ3n) is 1.58. The van der Waals surface area contributed by atoms with Crippen molar-refractivity contribution in [3.05, 3.63) is 29.1 Å². The van der Waals surface area contributed by atoms with Gasteiger partial charge in [-0.3, -0.25) is 0 Å². The van der Waals surface area contributed by atoms with Crippen molar-refractivity contribution in [2.75, 3.05) is 0 Å². The lowest BCUT2D eigenvalue weighted by Crippen LogP contribution is -1.73. The molecule has 0 atom stereocenters. The molecule has 3 nitrogen and oxygen atoms in total. The van der Waals surface area contributed by atoms with Crippen molar-refractivity contribution >= 4 is 15.9 Å². The molecule has 0 aromatic carbocycles. The molecule has 2 rings (SSSR count). The first-order chi connectivity index (χ1) is 5.77. The smallest absolute Gasteiger partial charge is 0.181 e. The number of aromatic nitrogens is 1. The van der Waals surface area contributed by atoms with Crippen LogP contribution in [0.3, 0.4) is 0 Å². The van der Waals surface area contributed by atoms with Gasteiger partial charge in [-0.2, -0.15) is 0 Å². The summed E-state index contributed by atoms with van der Waals surface area (Å²) in [6, 6.07) is 1.84. The van der Waals surface area contributed by atoms with E-state index in [2.05, 4.69) is 20.9 Å². The van der Waals surface area contributed by atoms with Crippen LogP contribution in [0.1, 0.15) is 5.69 Å². The first-order valence-electron chi connectivity index (χ1n) is 3.42. The first-order valence-corrected chi connectivity index (χ1v) is 4.21. The van der Waals surface area contributed by atoms with Crippen molar-refractivity contribution in [2.24, 2.45) is 0 Å². The number of furan rings is 1. The molecule has 2 aromatic heterocycles. The van der Waals surface area contributed by atoms with Crippen molar-refractivity contribution in [3.63, 3.8) is 0 Å². The quantitative estimate of drug-likeness (QED) is 0.752. The number of hydrogen-bond acceptors (Lipinski definition) is 3. The molecule has 0 saturated carbocycles. The van der Waals surface area contributed by atoms with Gasteiger partial charge in [0.15, 0.2) is 16.8 Å². The van der Waals surface area contributed by atoms with E-state index in [9.17, 15) is 0 Å². The van der Waals surface area contributed by atoms with Gasteiger partial charge in [-0.1, -0.05) is 0 Å². The Morgan fingerprint density at radius 1 is 1.42 bits per heavy atom. The monoisotopic (exact) mass is 227 g/mol. The van der Waals surface area contributed by atoms with Gasteiger partial charge < -0.3 is 8.83 Å². The lowest BCUT2D eigenvalue weighted by Gasteiger charge is -1.87. The topological polar surface area (TPSA) is 39.2 Å². The van der Waals surface area contributed by atoms with Gasteiger partial charge in [-0.15, -0.1) is 0 Å². The number of halogens is 1. The van der Waals surface area contributed by atoms with Gasteiger partial charge >= 0.3 is 0 Å². The third-order valence-corrected chi connectivity index (χ3v) is 1.99. The summed E-state index contributed by atoms with van der Waals surface area (Å²) in [5, 5.41) is 0. The second kappa shape index (κ2) is 2.79. The fraction of sp³-hybridized carbons (Fsp3) is 0.125. The normalized spacial score (nSPS) is 10.5. The van der Waals surface area contributed by atoms with Gasteiger partial charge in [0.25, 0.3) is 0 Å². The molecule has 0 aliphatic carbocycles. The Hall–Kier alpha value is -1.03. The molecular formula is C8H6BrNO2. The van der Waals surface area contributed by atoms with E-state index in [0.717, 1.165) is 17.0 Å². The summed E-state index contributed by atoms with van der Waals surface area (Å²) in [6.45, 7) is 1.89. The molecule has 0 amide bonds. The summed E-state index contributed by atoms with van der Waals surface area (Å²) in [4.78, 5) is 3.98. The summed E-state index contributed by atoms with van der Waals surface area (Å²) in [7, 11) is 0. The number of hydrogen-bond donors (Lipinski definition) is 0. The zero-order valence-electron chi connectivity index (χ0n) is 6.37. The van der Waals surface area contributed by atoms with Crippen molar-refractivity contribution < 1.29 is 8.83 Å². The highest BCUT2D eigenvalue weighted by atomic mass is 79.9. The molecule has 0 aliphatic heterocycles. The van der Waals surface area contributed by atoms with Crippen LogP contribution in [-0.4, -0.2) is 4.98 Å². The molecule has 0 saturated heterocycles. The minimum absolute atomic E-state index is 0.688. The SMILES string of the molecule is Cc1ncoc1-c1coc(Br)c1. The predicted octanol–water partition coefficient (Wildman–Crippen LogP) is 3.01. The Kier molecular flexibility index (Phi) is 1.77. The fourth-order valence-electron chi connectivity index (χ4n) is 1.01. The van der Waals surface area contributed by atoms with Crippen LogP contribution in [0.15, 0.2) is 32.2 Å². The first kappa shape index (κ1) is 7.61. The van der Waals surface area contributed by atoms with Gasteiger partial charge in [0.1, 0.15) is 6.26 Å². The van der Waals surface area contributed by atoms with E-state index in [1.807, 2.05) is 13.0 Å². The summed E-state index contributed by atoms with van der Waals surface area (Å²) < 4.78 is 10.9. The largest absolute Gasteiger partial charge is 0.457 e. The number of aryl methyl sites for hydroxylation is 1. The second-order valence-electron chi connectivity index (χ2n) is 2.41. The van der Waals surface area contributed by atoms with E-state index in [-0.39, 0.29) is 0 Å². The van der Waals surface area contributed by atoms with Crippen molar-refractivity contribution in [3.8, 4) is 11.3 Å². The highest BCUT2D eigenvalue weighted by molar-refractivity contribution is 9.10. The summed E-state index contributed by atoms with van der Waals surface area (Å²) >= 11 is 3.21. The van der Waals surface area contributed by atoms with Crippen LogP contribution < -0.4 is 0 Å². The maximum absolute atomic E-state index is 5.17. The average molecular weight is 228 g/mol. The van der Waals surface area contributed by atoms with Crippen LogP contribution in [0.5, 0.6) is 0 Å². The minimum Gasteiger partial charge on any atom is -0.457 e. The lowest BCUT2D eigenvalue weighted by molar-refractivity contribution is 0.537. The maximum atomic E-state index is 5.17. The molecule has 0 spiro atoms. The van der Waals surface area contributed by atoms with Crippen molar-refractivity contribution in [1.29, 1.82) is 0 Å². The van der Waals surface area contributed by atoms with Crippen molar-refractivity contribution in [1.82, 2.24) is 4.98 Å². The molecule has 0 fully saturated rings. The predicted molar refractivity (Wildman–Crippen MR) is 46.6 cm³/mol. The Bertz CT molecular complexity index is 391. The van der Waals surface area contributed by atoms with Crippen molar-refractivity contribution in [2.45, 2.75) is 6.92 Å². The van der Waals surface area contributed by atoms with E-state index < -0.39 is 0 Å². The van der Waals surface area contributed by atoms with E-state index >= 15 is 0 Å². The molecule has 2 aromatic rings. The number of oxazole rings is 1. The minimum atomic E-state index is 0.688. The van der Waals surface area contributed by atoms with Gasteiger partial charge in [0, 0.05) is 6.07 Å². The van der Waals surface area contributed by atoms with Gasteiger partial charge in [-0.25, -0.2) is 4.98 Å². The highest BCUT2D eigenvalue weighted by Crippen LogP contribution is 2.26. The molecule has 0 N–H and O–H groups in total. The van der Waals surface area contributed by atoms with Gasteiger partial charge in [0.05, 0.1) is 11.3 Å². The Labute approximate surface area is 77.5 Å². The summed E-state index contributed by atoms with van der Waals surface area (Å²) in [5.41, 5.74) is 1.76. The number of nitrogens with zero attached hydrogens (tertiary/aromatic N) is 1. The Morgan fingerprint density at radius 3 is 2.75 bits per heavy atom. The average Bonchev–Trinajstić information content (AvgIpc) is 2.58. The zero-order valence-corrected chi connectivity index (χ0v) is 7.96.